The summed E-state index contributed by atoms with van der Waals surface area (Å²) in [4.78, 5) is 4.42. The summed E-state index contributed by atoms with van der Waals surface area (Å²) in [6.45, 7) is 1.94. The monoisotopic (exact) mass is 911 g/mol. The molecule has 0 saturated heterocycles. The molecule has 4 heterocycles. The SMILES string of the molecule is CN(CCCC=Cc1nn(-c2ccc(Cl)cc2Cl)c2c1CCCc1ccsc1-2)CCCC=Cc1nn(-c2ccc(Cl)cc2Cl)c2c1CCCc1cc(S(=O)(=O)O)sc1-2. The number of halogens is 4. The van der Waals surface area contributed by atoms with Crippen molar-refractivity contribution in [2.45, 2.75) is 68.4 Å². The lowest BCUT2D eigenvalue weighted by atomic mass is 10.1. The van der Waals surface area contributed by atoms with Crippen molar-refractivity contribution in [3.05, 3.63) is 120 Å². The van der Waals surface area contributed by atoms with Gasteiger partial charge in [0.1, 0.15) is 4.21 Å². The molecule has 2 aromatic carbocycles. The molecule has 0 fully saturated rings. The van der Waals surface area contributed by atoms with Gasteiger partial charge in [-0.25, -0.2) is 9.36 Å². The number of hydrogen-bond donors (Lipinski definition) is 1. The van der Waals surface area contributed by atoms with Crippen molar-refractivity contribution in [3.63, 3.8) is 0 Å². The number of hydrogen-bond acceptors (Lipinski definition) is 7. The van der Waals surface area contributed by atoms with Crippen LogP contribution in [-0.2, 0) is 35.8 Å². The molecule has 0 unspecified atom stereocenters. The molecule has 1 N–H and O–H groups in total. The van der Waals surface area contributed by atoms with E-state index in [4.69, 9.17) is 56.6 Å². The second-order valence-electron chi connectivity index (χ2n) is 14.7. The normalized spacial score (nSPS) is 14.2. The minimum Gasteiger partial charge on any atom is -0.306 e. The van der Waals surface area contributed by atoms with E-state index in [0.717, 1.165) is 127 Å². The number of aromatic nitrogens is 4. The van der Waals surface area contributed by atoms with E-state index in [1.54, 1.807) is 40.3 Å². The van der Waals surface area contributed by atoms with Crippen molar-refractivity contribution < 1.29 is 13.0 Å². The maximum Gasteiger partial charge on any atom is 0.304 e. The Hall–Kier alpha value is -3.23. The van der Waals surface area contributed by atoms with Gasteiger partial charge in [0.05, 0.1) is 54.0 Å². The molecule has 4 aromatic heterocycles. The van der Waals surface area contributed by atoms with Crippen LogP contribution in [0.4, 0.5) is 0 Å². The minimum absolute atomic E-state index is 0.0726. The highest BCUT2D eigenvalue weighted by Crippen LogP contribution is 2.44. The summed E-state index contributed by atoms with van der Waals surface area (Å²) in [6, 6.07) is 14.6. The zero-order valence-corrected chi connectivity index (χ0v) is 37.2. The molecule has 8 nitrogen and oxygen atoms in total. The number of thiophene rings is 2. The first kappa shape index (κ1) is 41.5. The predicted molar refractivity (Wildman–Crippen MR) is 242 cm³/mol. The van der Waals surface area contributed by atoms with Gasteiger partial charge in [0, 0.05) is 21.2 Å². The maximum absolute atomic E-state index is 12.1. The van der Waals surface area contributed by atoms with Crippen molar-refractivity contribution >= 4 is 91.3 Å². The molecule has 0 amide bonds. The molecule has 0 atom stereocenters. The lowest BCUT2D eigenvalue weighted by Gasteiger charge is -2.15. The van der Waals surface area contributed by atoms with E-state index in [0.29, 0.717) is 32.2 Å². The number of unbranched alkanes of at least 4 members (excludes halogenated alkanes) is 2. The van der Waals surface area contributed by atoms with Crippen molar-refractivity contribution in [3.8, 4) is 32.5 Å². The van der Waals surface area contributed by atoms with Crippen LogP contribution < -0.4 is 0 Å². The number of rotatable bonds is 13. The van der Waals surface area contributed by atoms with Gasteiger partial charge >= 0.3 is 10.1 Å². The molecule has 8 rings (SSSR count). The van der Waals surface area contributed by atoms with Gasteiger partial charge in [-0.05, 0) is 162 Å². The van der Waals surface area contributed by atoms with Crippen molar-refractivity contribution in [1.29, 1.82) is 0 Å². The second-order valence-corrected chi connectivity index (χ2v) is 20.0. The van der Waals surface area contributed by atoms with Gasteiger partial charge in [-0.1, -0.05) is 58.6 Å². The Morgan fingerprint density at radius 2 is 1.28 bits per heavy atom. The van der Waals surface area contributed by atoms with Crippen molar-refractivity contribution in [2.75, 3.05) is 20.1 Å². The van der Waals surface area contributed by atoms with Crippen LogP contribution in [0.5, 0.6) is 0 Å². The van der Waals surface area contributed by atoms with E-state index in [-0.39, 0.29) is 4.21 Å². The van der Waals surface area contributed by atoms with Gasteiger partial charge < -0.3 is 4.90 Å². The van der Waals surface area contributed by atoms with Crippen LogP contribution in [0.2, 0.25) is 20.1 Å². The molecular formula is C43H41Cl4N5O3S3. The van der Waals surface area contributed by atoms with Gasteiger partial charge in [0.25, 0.3) is 0 Å². The first-order valence-electron chi connectivity index (χ1n) is 19.3. The van der Waals surface area contributed by atoms with Crippen LogP contribution in [0, 0.1) is 0 Å². The van der Waals surface area contributed by atoms with E-state index in [2.05, 4.69) is 47.7 Å². The van der Waals surface area contributed by atoms with Crippen LogP contribution >= 0.6 is 69.1 Å². The van der Waals surface area contributed by atoms with Crippen LogP contribution in [0.15, 0.2) is 70.3 Å². The average molecular weight is 914 g/mol. The highest BCUT2D eigenvalue weighted by atomic mass is 35.5. The molecule has 0 aliphatic heterocycles. The van der Waals surface area contributed by atoms with Gasteiger partial charge in [0.2, 0.25) is 0 Å². The van der Waals surface area contributed by atoms with E-state index < -0.39 is 10.1 Å². The smallest absolute Gasteiger partial charge is 0.304 e. The fourth-order valence-electron chi connectivity index (χ4n) is 7.84. The van der Waals surface area contributed by atoms with Crippen LogP contribution in [0.3, 0.4) is 0 Å². The highest BCUT2D eigenvalue weighted by Gasteiger charge is 2.29. The first-order chi connectivity index (χ1) is 28.0. The molecule has 302 valence electrons. The van der Waals surface area contributed by atoms with Crippen molar-refractivity contribution in [1.82, 2.24) is 24.5 Å². The standard InChI is InChI=1S/C43H41Cl4N5O3S3/c1-50(21-6-2-4-14-35-31-12-8-10-27-20-23-56-42(27)40(31)51(48-35)37-18-16-29(44)25-33(37)46)22-7-3-5-15-36-32-13-9-11-28-24-39(58(53,54)55)57-43(28)41(32)52(49-36)38-19-17-30(45)26-34(38)47/h4-5,14-20,23-26H,2-3,6-13,21-22H2,1H3,(H,53,54,55). The number of nitrogens with zero attached hydrogens (tertiary/aromatic N) is 5. The molecule has 0 spiro atoms. The topological polar surface area (TPSA) is 93.3 Å². The van der Waals surface area contributed by atoms with E-state index in [1.165, 1.54) is 16.0 Å². The largest absolute Gasteiger partial charge is 0.306 e. The predicted octanol–water partition coefficient (Wildman–Crippen LogP) is 12.6. The summed E-state index contributed by atoms with van der Waals surface area (Å²) in [5.74, 6) is 0. The highest BCUT2D eigenvalue weighted by molar-refractivity contribution is 7.88. The fraction of sp³-hybridized carbons (Fsp3) is 0.302. The quantitative estimate of drug-likeness (QED) is 0.0916. The van der Waals surface area contributed by atoms with Crippen LogP contribution in [0.1, 0.15) is 72.2 Å². The Bertz CT molecular complexity index is 2660. The maximum atomic E-state index is 12.1. The second kappa shape index (κ2) is 17.8. The van der Waals surface area contributed by atoms with Crippen molar-refractivity contribution in [2.24, 2.45) is 0 Å². The summed E-state index contributed by atoms with van der Waals surface area (Å²) >= 11 is 28.7. The van der Waals surface area contributed by atoms with Gasteiger partial charge in [0.15, 0.2) is 0 Å². The van der Waals surface area contributed by atoms with Crippen LogP contribution in [0.25, 0.3) is 44.7 Å². The fourth-order valence-corrected chi connectivity index (χ4v) is 11.8. The summed E-state index contributed by atoms with van der Waals surface area (Å²) in [5, 5.41) is 14.4. The lowest BCUT2D eigenvalue weighted by Crippen LogP contribution is -2.20. The number of benzene rings is 2. The molecule has 0 radical (unpaired) electrons. The zero-order chi connectivity index (χ0) is 40.6. The summed E-state index contributed by atoms with van der Waals surface area (Å²) < 4.78 is 37.8. The Morgan fingerprint density at radius 3 is 1.81 bits per heavy atom. The lowest BCUT2D eigenvalue weighted by molar-refractivity contribution is 0.327. The third-order valence-electron chi connectivity index (χ3n) is 10.6. The van der Waals surface area contributed by atoms with Gasteiger partial charge in [-0.3, -0.25) is 4.55 Å². The van der Waals surface area contributed by atoms with Crippen LogP contribution in [-0.4, -0.2) is 57.6 Å². The number of allylic oxidation sites excluding steroid dienone is 2. The average Bonchev–Trinajstić information content (AvgIpc) is 3.92. The molecule has 2 aliphatic rings. The number of aryl methyl sites for hydroxylation is 2. The molecule has 15 heteroatoms. The molecule has 2 aliphatic carbocycles. The van der Waals surface area contributed by atoms with E-state index >= 15 is 0 Å². The molecule has 58 heavy (non-hydrogen) atoms. The molecule has 0 bridgehead atoms. The third-order valence-corrected chi connectivity index (χ3v) is 15.2. The van der Waals surface area contributed by atoms with Gasteiger partial charge in [-0.15, -0.1) is 22.7 Å². The Labute approximate surface area is 367 Å². The Morgan fingerprint density at radius 1 is 0.741 bits per heavy atom. The number of fused-ring (bicyclic) bond motifs is 6. The Kier molecular flexibility index (Phi) is 12.7. The van der Waals surface area contributed by atoms with E-state index in [1.807, 2.05) is 22.9 Å². The summed E-state index contributed by atoms with van der Waals surface area (Å²) in [6.07, 6.45) is 17.9. The van der Waals surface area contributed by atoms with E-state index in [9.17, 15) is 13.0 Å². The third kappa shape index (κ3) is 8.80. The zero-order valence-electron chi connectivity index (χ0n) is 31.7. The molecule has 6 aromatic rings. The minimum atomic E-state index is -4.35. The first-order valence-corrected chi connectivity index (χ1v) is 23.9. The summed E-state index contributed by atoms with van der Waals surface area (Å²) in [7, 11) is -2.18. The molecule has 0 saturated carbocycles. The Balaban J connectivity index is 0.906. The summed E-state index contributed by atoms with van der Waals surface area (Å²) in [5.41, 5.74) is 9.79. The van der Waals surface area contributed by atoms with Gasteiger partial charge in [-0.2, -0.15) is 18.6 Å². The molecular weight excluding hydrogens is 873 g/mol.